The quantitative estimate of drug-likeness (QED) is 0.830. The van der Waals surface area contributed by atoms with E-state index < -0.39 is 6.04 Å². The summed E-state index contributed by atoms with van der Waals surface area (Å²) in [6.07, 6.45) is 4.20. The van der Waals surface area contributed by atoms with Gasteiger partial charge in [-0.15, -0.1) is 23.7 Å². The zero-order valence-corrected chi connectivity index (χ0v) is 15.0. The highest BCUT2D eigenvalue weighted by molar-refractivity contribution is 7.13. The number of hydrogen-bond acceptors (Lipinski definition) is 5. The van der Waals surface area contributed by atoms with Crippen LogP contribution in [0.25, 0.3) is 0 Å². The Hall–Kier alpha value is -0.690. The van der Waals surface area contributed by atoms with Crippen molar-refractivity contribution in [3.05, 3.63) is 11.1 Å². The van der Waals surface area contributed by atoms with E-state index in [9.17, 15) is 4.79 Å². The zero-order chi connectivity index (χ0) is 15.2. The number of likely N-dealkylation sites (tertiary alicyclic amines) is 1. The highest BCUT2D eigenvalue weighted by Crippen LogP contribution is 2.21. The third kappa shape index (κ3) is 5.83. The molecule has 7 heteroatoms. The first-order valence-electron chi connectivity index (χ1n) is 7.81. The fourth-order valence-electron chi connectivity index (χ4n) is 2.74. The SMILES string of the molecule is CCCC(N)C(=O)Nc1nc(CN2CCCC(C)C2)cs1.Cl. The van der Waals surface area contributed by atoms with Gasteiger partial charge in [-0.3, -0.25) is 9.69 Å². The van der Waals surface area contributed by atoms with Crippen molar-refractivity contribution in [2.75, 3.05) is 18.4 Å². The topological polar surface area (TPSA) is 71.2 Å². The minimum atomic E-state index is -0.440. The number of anilines is 1. The van der Waals surface area contributed by atoms with Gasteiger partial charge >= 0.3 is 0 Å². The van der Waals surface area contributed by atoms with Gasteiger partial charge in [-0.25, -0.2) is 4.98 Å². The first-order valence-corrected chi connectivity index (χ1v) is 8.69. The highest BCUT2D eigenvalue weighted by atomic mass is 35.5. The van der Waals surface area contributed by atoms with Crippen LogP contribution < -0.4 is 11.1 Å². The Morgan fingerprint density at radius 2 is 2.41 bits per heavy atom. The number of nitrogens with two attached hydrogens (primary N) is 1. The monoisotopic (exact) mass is 346 g/mol. The van der Waals surface area contributed by atoms with Crippen molar-refractivity contribution in [1.82, 2.24) is 9.88 Å². The zero-order valence-electron chi connectivity index (χ0n) is 13.4. The third-order valence-electron chi connectivity index (χ3n) is 3.85. The maximum atomic E-state index is 11.9. The van der Waals surface area contributed by atoms with Crippen LogP contribution in [0, 0.1) is 5.92 Å². The van der Waals surface area contributed by atoms with Crippen LogP contribution in [-0.4, -0.2) is 34.9 Å². The summed E-state index contributed by atoms with van der Waals surface area (Å²) in [6.45, 7) is 7.48. The second kappa shape index (κ2) is 9.45. The van der Waals surface area contributed by atoms with Crippen LogP contribution in [0.2, 0.25) is 0 Å². The lowest BCUT2D eigenvalue weighted by atomic mass is 10.0. The van der Waals surface area contributed by atoms with Crippen LogP contribution in [0.4, 0.5) is 5.13 Å². The molecular formula is C15H27ClN4OS. The van der Waals surface area contributed by atoms with Crippen LogP contribution in [0.3, 0.4) is 0 Å². The first-order chi connectivity index (χ1) is 10.1. The molecule has 1 fully saturated rings. The molecular weight excluding hydrogens is 320 g/mol. The molecule has 2 atom stereocenters. The highest BCUT2D eigenvalue weighted by Gasteiger charge is 2.18. The van der Waals surface area contributed by atoms with Gasteiger partial charge in [0.25, 0.3) is 0 Å². The number of piperidine rings is 1. The molecule has 3 N–H and O–H groups in total. The lowest BCUT2D eigenvalue weighted by Gasteiger charge is -2.30. The summed E-state index contributed by atoms with van der Waals surface area (Å²) in [5.74, 6) is 0.632. The number of rotatable bonds is 6. The average molecular weight is 347 g/mol. The largest absolute Gasteiger partial charge is 0.320 e. The fourth-order valence-corrected chi connectivity index (χ4v) is 3.44. The molecule has 0 saturated carbocycles. The molecule has 1 saturated heterocycles. The molecule has 0 spiro atoms. The standard InChI is InChI=1S/C15H26N4OS.ClH/c1-3-5-13(16)14(20)18-15-17-12(10-21-15)9-19-7-4-6-11(2)8-19;/h10-11,13H,3-9,16H2,1-2H3,(H,17,18,20);1H. The Kier molecular flexibility index (Phi) is 8.31. The Labute approximate surface area is 143 Å². The molecule has 1 amide bonds. The molecule has 0 radical (unpaired) electrons. The molecule has 5 nitrogen and oxygen atoms in total. The number of carbonyl (C=O) groups is 1. The summed E-state index contributed by atoms with van der Waals surface area (Å²) in [4.78, 5) is 18.8. The predicted molar refractivity (Wildman–Crippen MR) is 94.6 cm³/mol. The number of thiazole rings is 1. The lowest BCUT2D eigenvalue weighted by Crippen LogP contribution is -2.35. The molecule has 0 bridgehead atoms. The van der Waals surface area contributed by atoms with E-state index in [0.29, 0.717) is 11.6 Å². The van der Waals surface area contributed by atoms with Gasteiger partial charge in [0.05, 0.1) is 11.7 Å². The lowest BCUT2D eigenvalue weighted by molar-refractivity contribution is -0.117. The van der Waals surface area contributed by atoms with Crippen molar-refractivity contribution in [2.45, 2.75) is 52.1 Å². The van der Waals surface area contributed by atoms with Crippen LogP contribution in [0.1, 0.15) is 45.2 Å². The van der Waals surface area contributed by atoms with E-state index in [0.717, 1.165) is 37.7 Å². The number of amides is 1. The first kappa shape index (κ1) is 19.4. The maximum Gasteiger partial charge on any atom is 0.243 e. The van der Waals surface area contributed by atoms with Gasteiger partial charge in [-0.05, 0) is 31.7 Å². The summed E-state index contributed by atoms with van der Waals surface area (Å²) in [5.41, 5.74) is 6.84. The van der Waals surface area contributed by atoms with Gasteiger partial charge < -0.3 is 11.1 Å². The van der Waals surface area contributed by atoms with E-state index in [-0.39, 0.29) is 18.3 Å². The number of aromatic nitrogens is 1. The maximum absolute atomic E-state index is 11.9. The molecule has 2 rings (SSSR count). The van der Waals surface area contributed by atoms with Crippen LogP contribution >= 0.6 is 23.7 Å². The van der Waals surface area contributed by atoms with Crippen molar-refractivity contribution in [1.29, 1.82) is 0 Å². The van der Waals surface area contributed by atoms with E-state index in [2.05, 4.69) is 22.1 Å². The number of halogens is 1. The number of hydrogen-bond donors (Lipinski definition) is 2. The van der Waals surface area contributed by atoms with Crippen molar-refractivity contribution < 1.29 is 4.79 Å². The molecule has 1 aromatic rings. The summed E-state index contributed by atoms with van der Waals surface area (Å²) in [5, 5.41) is 5.50. The molecule has 22 heavy (non-hydrogen) atoms. The second-order valence-corrected chi connectivity index (χ2v) is 6.87. The minimum absolute atomic E-state index is 0. The van der Waals surface area contributed by atoms with Crippen molar-refractivity contribution in [3.8, 4) is 0 Å². The molecule has 1 aliphatic rings. The predicted octanol–water partition coefficient (Wildman–Crippen LogP) is 2.86. The smallest absolute Gasteiger partial charge is 0.243 e. The fraction of sp³-hybridized carbons (Fsp3) is 0.733. The summed E-state index contributed by atoms with van der Waals surface area (Å²) >= 11 is 1.48. The summed E-state index contributed by atoms with van der Waals surface area (Å²) in [6, 6.07) is -0.440. The Morgan fingerprint density at radius 3 is 3.09 bits per heavy atom. The van der Waals surface area contributed by atoms with E-state index >= 15 is 0 Å². The van der Waals surface area contributed by atoms with Crippen molar-refractivity contribution in [3.63, 3.8) is 0 Å². The van der Waals surface area contributed by atoms with E-state index in [1.54, 1.807) is 0 Å². The molecule has 126 valence electrons. The summed E-state index contributed by atoms with van der Waals surface area (Å²) in [7, 11) is 0. The van der Waals surface area contributed by atoms with Crippen LogP contribution in [0.15, 0.2) is 5.38 Å². The number of nitrogens with one attached hydrogen (secondary N) is 1. The summed E-state index contributed by atoms with van der Waals surface area (Å²) < 4.78 is 0. The Balaban J connectivity index is 0.00000242. The van der Waals surface area contributed by atoms with Gasteiger partial charge in [-0.1, -0.05) is 20.3 Å². The van der Waals surface area contributed by atoms with Gasteiger partial charge in [-0.2, -0.15) is 0 Å². The molecule has 2 unspecified atom stereocenters. The van der Waals surface area contributed by atoms with Crippen molar-refractivity contribution in [2.24, 2.45) is 11.7 Å². The third-order valence-corrected chi connectivity index (χ3v) is 4.65. The molecule has 0 aliphatic carbocycles. The van der Waals surface area contributed by atoms with Gasteiger partial charge in [0, 0.05) is 18.5 Å². The van der Waals surface area contributed by atoms with Crippen LogP contribution in [-0.2, 0) is 11.3 Å². The van der Waals surface area contributed by atoms with Gasteiger partial charge in [0.2, 0.25) is 5.91 Å². The van der Waals surface area contributed by atoms with Crippen molar-refractivity contribution >= 4 is 34.8 Å². The van der Waals surface area contributed by atoms with Crippen LogP contribution in [0.5, 0.6) is 0 Å². The second-order valence-electron chi connectivity index (χ2n) is 6.01. The average Bonchev–Trinajstić information content (AvgIpc) is 2.86. The normalized spacial score (nSPS) is 20.2. The minimum Gasteiger partial charge on any atom is -0.320 e. The van der Waals surface area contributed by atoms with E-state index in [1.807, 2.05) is 12.3 Å². The van der Waals surface area contributed by atoms with E-state index in [4.69, 9.17) is 5.73 Å². The molecule has 1 aliphatic heterocycles. The molecule has 0 aromatic carbocycles. The molecule has 2 heterocycles. The van der Waals surface area contributed by atoms with E-state index in [1.165, 1.54) is 24.2 Å². The number of nitrogens with zero attached hydrogens (tertiary/aromatic N) is 2. The van der Waals surface area contributed by atoms with Gasteiger partial charge in [0.15, 0.2) is 5.13 Å². The molecule has 1 aromatic heterocycles. The Morgan fingerprint density at radius 1 is 1.64 bits per heavy atom. The van der Waals surface area contributed by atoms with Gasteiger partial charge in [0.1, 0.15) is 0 Å². The Bertz CT molecular complexity index is 468. The number of carbonyl (C=O) groups excluding carboxylic acids is 1.